The molecule has 0 saturated carbocycles. The van der Waals surface area contributed by atoms with Crippen LogP contribution in [0.5, 0.6) is 5.75 Å². The van der Waals surface area contributed by atoms with Crippen LogP contribution in [0.1, 0.15) is 15.9 Å². The normalized spacial score (nSPS) is 11.3. The fourth-order valence-electron chi connectivity index (χ4n) is 2.87. The Kier molecular flexibility index (Phi) is 6.26. The van der Waals surface area contributed by atoms with Crippen molar-refractivity contribution in [1.82, 2.24) is 5.32 Å². The van der Waals surface area contributed by atoms with Crippen LogP contribution in [-0.2, 0) is 16.4 Å². The van der Waals surface area contributed by atoms with Gasteiger partial charge in [-0.25, -0.2) is 13.6 Å². The predicted molar refractivity (Wildman–Crippen MR) is 110 cm³/mol. The summed E-state index contributed by atoms with van der Waals surface area (Å²) in [5, 5.41) is 8.56. The number of furan rings is 1. The Hall–Kier alpha value is -2.81. The van der Waals surface area contributed by atoms with Crippen molar-refractivity contribution in [1.29, 1.82) is 0 Å². The molecular formula is C20H19ClN2O5S. The van der Waals surface area contributed by atoms with E-state index in [-0.39, 0.29) is 17.3 Å². The number of nitrogens with one attached hydrogen (secondary N) is 1. The highest BCUT2D eigenvalue weighted by atomic mass is 35.5. The summed E-state index contributed by atoms with van der Waals surface area (Å²) in [6.07, 6.45) is 1.85. The van der Waals surface area contributed by atoms with E-state index >= 15 is 0 Å². The van der Waals surface area contributed by atoms with Crippen LogP contribution < -0.4 is 15.2 Å². The van der Waals surface area contributed by atoms with E-state index < -0.39 is 10.0 Å². The van der Waals surface area contributed by atoms with Crippen molar-refractivity contribution in [3.05, 3.63) is 70.9 Å². The van der Waals surface area contributed by atoms with Crippen LogP contribution in [0.25, 0.3) is 11.3 Å². The molecule has 1 heterocycles. The fourth-order valence-corrected chi connectivity index (χ4v) is 3.83. The van der Waals surface area contributed by atoms with Crippen LogP contribution in [0, 0.1) is 0 Å². The van der Waals surface area contributed by atoms with Gasteiger partial charge in [-0.3, -0.25) is 4.79 Å². The molecule has 3 aromatic rings. The first-order chi connectivity index (χ1) is 13.8. The number of methoxy groups -OCH3 is 1. The third-order valence-corrected chi connectivity index (χ3v) is 5.43. The quantitative estimate of drug-likeness (QED) is 0.593. The lowest BCUT2D eigenvalue weighted by Crippen LogP contribution is -2.26. The minimum atomic E-state index is -3.96. The highest BCUT2D eigenvalue weighted by molar-refractivity contribution is 7.89. The van der Waals surface area contributed by atoms with Crippen molar-refractivity contribution in [2.75, 3.05) is 13.7 Å². The Morgan fingerprint density at radius 3 is 2.66 bits per heavy atom. The van der Waals surface area contributed by atoms with Gasteiger partial charge in [0.25, 0.3) is 5.91 Å². The Morgan fingerprint density at radius 2 is 2.00 bits per heavy atom. The Morgan fingerprint density at radius 1 is 1.21 bits per heavy atom. The number of sulfonamides is 1. The van der Waals surface area contributed by atoms with Crippen LogP contribution >= 0.6 is 11.6 Å². The SMILES string of the molecule is COc1ccc(Cl)cc1C(=O)NCCc1ccc(-c2ccco2)c(S(N)(=O)=O)c1. The zero-order valence-electron chi connectivity index (χ0n) is 15.5. The van der Waals surface area contributed by atoms with Gasteiger partial charge in [0, 0.05) is 17.1 Å². The van der Waals surface area contributed by atoms with E-state index in [2.05, 4.69) is 5.32 Å². The van der Waals surface area contributed by atoms with E-state index in [0.29, 0.717) is 39.6 Å². The summed E-state index contributed by atoms with van der Waals surface area (Å²) in [5.41, 5.74) is 1.40. The molecule has 0 aliphatic rings. The molecule has 0 atom stereocenters. The van der Waals surface area contributed by atoms with E-state index in [4.69, 9.17) is 25.9 Å². The van der Waals surface area contributed by atoms with Crippen LogP contribution in [0.2, 0.25) is 5.02 Å². The van der Waals surface area contributed by atoms with Crippen LogP contribution in [0.15, 0.2) is 64.1 Å². The molecule has 3 rings (SSSR count). The zero-order chi connectivity index (χ0) is 21.0. The number of carbonyl (C=O) groups is 1. The van der Waals surface area contributed by atoms with Gasteiger partial charge in [0.1, 0.15) is 11.5 Å². The Balaban J connectivity index is 1.75. The molecule has 0 spiro atoms. The minimum Gasteiger partial charge on any atom is -0.496 e. The first-order valence-corrected chi connectivity index (χ1v) is 10.5. The number of nitrogens with two attached hydrogens (primary N) is 1. The summed E-state index contributed by atoms with van der Waals surface area (Å²) in [4.78, 5) is 12.4. The lowest BCUT2D eigenvalue weighted by molar-refractivity contribution is 0.0951. The first kappa shape index (κ1) is 20.9. The average molecular weight is 435 g/mol. The molecule has 29 heavy (non-hydrogen) atoms. The van der Waals surface area contributed by atoms with Gasteiger partial charge in [-0.1, -0.05) is 17.7 Å². The number of hydrogen-bond acceptors (Lipinski definition) is 5. The van der Waals surface area contributed by atoms with Crippen LogP contribution in [-0.4, -0.2) is 28.0 Å². The van der Waals surface area contributed by atoms with Gasteiger partial charge in [0.15, 0.2) is 0 Å². The molecule has 0 aliphatic carbocycles. The Labute approximate surface area is 173 Å². The largest absolute Gasteiger partial charge is 0.496 e. The van der Waals surface area contributed by atoms with Crippen molar-refractivity contribution in [3.63, 3.8) is 0 Å². The van der Waals surface area contributed by atoms with Crippen LogP contribution in [0.4, 0.5) is 0 Å². The number of hydrogen-bond donors (Lipinski definition) is 2. The third-order valence-electron chi connectivity index (χ3n) is 4.24. The predicted octanol–water partition coefficient (Wildman–Crippen LogP) is 3.23. The molecule has 0 fully saturated rings. The average Bonchev–Trinajstić information content (AvgIpc) is 3.21. The lowest BCUT2D eigenvalue weighted by Gasteiger charge is -2.11. The molecule has 3 N–H and O–H groups in total. The molecule has 1 aromatic heterocycles. The van der Waals surface area contributed by atoms with E-state index in [0.717, 1.165) is 0 Å². The number of carbonyl (C=O) groups excluding carboxylic acids is 1. The molecule has 0 aliphatic heterocycles. The van der Waals surface area contributed by atoms with Crippen LogP contribution in [0.3, 0.4) is 0 Å². The number of amides is 1. The molecule has 7 nitrogen and oxygen atoms in total. The maximum absolute atomic E-state index is 12.4. The molecule has 0 radical (unpaired) electrons. The van der Waals surface area contributed by atoms with Crippen molar-refractivity contribution < 1.29 is 22.4 Å². The molecule has 9 heteroatoms. The summed E-state index contributed by atoms with van der Waals surface area (Å²) in [7, 11) is -2.49. The standard InChI is InChI=1S/C20H19ClN2O5S/c1-27-17-7-5-14(21)12-16(17)20(24)23-9-8-13-4-6-15(18-3-2-10-28-18)19(11-13)29(22,25)26/h2-7,10-12H,8-9H2,1H3,(H,23,24)(H2,22,25,26). The van der Waals surface area contributed by atoms with E-state index in [1.54, 1.807) is 36.4 Å². The van der Waals surface area contributed by atoms with Gasteiger partial charge in [0.2, 0.25) is 10.0 Å². The molecule has 1 amide bonds. The second kappa shape index (κ2) is 8.69. The molecule has 0 unspecified atom stereocenters. The molecule has 0 bridgehead atoms. The summed E-state index contributed by atoms with van der Waals surface area (Å²) in [6, 6.07) is 13.0. The van der Waals surface area contributed by atoms with Crippen molar-refractivity contribution >= 4 is 27.5 Å². The van der Waals surface area contributed by atoms with Gasteiger partial charge in [-0.15, -0.1) is 0 Å². The lowest BCUT2D eigenvalue weighted by atomic mass is 10.1. The fraction of sp³-hybridized carbons (Fsp3) is 0.150. The monoisotopic (exact) mass is 434 g/mol. The Bertz CT molecular complexity index is 1130. The van der Waals surface area contributed by atoms with E-state index in [1.807, 2.05) is 0 Å². The van der Waals surface area contributed by atoms with Crippen molar-refractivity contribution in [2.24, 2.45) is 5.14 Å². The van der Waals surface area contributed by atoms with Gasteiger partial charge < -0.3 is 14.5 Å². The minimum absolute atomic E-state index is 0.0345. The summed E-state index contributed by atoms with van der Waals surface area (Å²) < 4.78 is 34.5. The van der Waals surface area contributed by atoms with Gasteiger partial charge in [-0.05, 0) is 54.4 Å². The summed E-state index contributed by atoms with van der Waals surface area (Å²) >= 11 is 5.95. The molecule has 2 aromatic carbocycles. The summed E-state index contributed by atoms with van der Waals surface area (Å²) in [5.74, 6) is 0.469. The second-order valence-corrected chi connectivity index (χ2v) is 8.17. The molecular weight excluding hydrogens is 416 g/mol. The second-order valence-electron chi connectivity index (χ2n) is 6.20. The van der Waals surface area contributed by atoms with Gasteiger partial charge >= 0.3 is 0 Å². The van der Waals surface area contributed by atoms with Gasteiger partial charge in [-0.2, -0.15) is 0 Å². The third kappa shape index (κ3) is 4.97. The maximum Gasteiger partial charge on any atom is 0.255 e. The maximum atomic E-state index is 12.4. The number of primary sulfonamides is 1. The smallest absolute Gasteiger partial charge is 0.255 e. The zero-order valence-corrected chi connectivity index (χ0v) is 17.1. The summed E-state index contributed by atoms with van der Waals surface area (Å²) in [6.45, 7) is 0.276. The van der Waals surface area contributed by atoms with E-state index in [9.17, 15) is 13.2 Å². The topological polar surface area (TPSA) is 112 Å². The first-order valence-electron chi connectivity index (χ1n) is 8.61. The van der Waals surface area contributed by atoms with Crippen molar-refractivity contribution in [2.45, 2.75) is 11.3 Å². The van der Waals surface area contributed by atoms with E-state index in [1.165, 1.54) is 25.5 Å². The van der Waals surface area contributed by atoms with Crippen molar-refractivity contribution in [3.8, 4) is 17.1 Å². The molecule has 152 valence electrons. The highest BCUT2D eigenvalue weighted by Gasteiger charge is 2.18. The molecule has 0 saturated heterocycles. The number of rotatable bonds is 7. The van der Waals surface area contributed by atoms with Gasteiger partial charge in [0.05, 0.1) is 23.8 Å². The number of ether oxygens (including phenoxy) is 1. The highest BCUT2D eigenvalue weighted by Crippen LogP contribution is 2.28. The number of benzene rings is 2. The number of halogens is 1.